The Bertz CT molecular complexity index is 775. The molecule has 0 aliphatic carbocycles. The number of benzene rings is 1. The molecule has 1 aromatic carbocycles. The van der Waals surface area contributed by atoms with Crippen LogP contribution < -0.4 is 4.74 Å². The van der Waals surface area contributed by atoms with E-state index in [1.807, 2.05) is 34.3 Å². The number of carboxylic acid groups (broad SMARTS) is 1. The minimum absolute atomic E-state index is 0.340. The SMILES string of the molecule is O=C(O)/C=C/c1ccccc1OCc1cn2ccsc2n1. The highest BCUT2D eigenvalue weighted by atomic mass is 32.1. The summed E-state index contributed by atoms with van der Waals surface area (Å²) in [6.07, 6.45) is 6.47. The molecular formula is C15H12N2O3S. The van der Waals surface area contributed by atoms with Gasteiger partial charge in [0.1, 0.15) is 12.4 Å². The van der Waals surface area contributed by atoms with Crippen LogP contribution in [0.5, 0.6) is 5.75 Å². The number of para-hydroxylation sites is 1. The second kappa shape index (κ2) is 5.80. The van der Waals surface area contributed by atoms with E-state index in [0.29, 0.717) is 12.4 Å². The second-order valence-corrected chi connectivity index (χ2v) is 5.20. The summed E-state index contributed by atoms with van der Waals surface area (Å²) >= 11 is 1.56. The van der Waals surface area contributed by atoms with E-state index in [2.05, 4.69) is 4.98 Å². The number of hydrogen-bond acceptors (Lipinski definition) is 4. The number of aliphatic carboxylic acids is 1. The number of hydrogen-bond donors (Lipinski definition) is 1. The first-order valence-electron chi connectivity index (χ1n) is 6.26. The molecule has 2 heterocycles. The van der Waals surface area contributed by atoms with Gasteiger partial charge in [0, 0.05) is 29.4 Å². The fourth-order valence-corrected chi connectivity index (χ4v) is 2.63. The Morgan fingerprint density at radius 1 is 1.43 bits per heavy atom. The van der Waals surface area contributed by atoms with Crippen molar-refractivity contribution in [1.29, 1.82) is 0 Å². The van der Waals surface area contributed by atoms with Gasteiger partial charge in [-0.25, -0.2) is 9.78 Å². The maximum absolute atomic E-state index is 10.6. The number of imidazole rings is 1. The zero-order chi connectivity index (χ0) is 14.7. The van der Waals surface area contributed by atoms with Crippen molar-refractivity contribution in [3.8, 4) is 5.75 Å². The van der Waals surface area contributed by atoms with Crippen LogP contribution in [0.15, 0.2) is 48.1 Å². The van der Waals surface area contributed by atoms with Crippen LogP contribution in [-0.4, -0.2) is 20.5 Å². The van der Waals surface area contributed by atoms with Crippen molar-refractivity contribution < 1.29 is 14.6 Å². The Hall–Kier alpha value is -2.60. The van der Waals surface area contributed by atoms with Crippen LogP contribution in [0.25, 0.3) is 11.0 Å². The Morgan fingerprint density at radius 2 is 2.29 bits per heavy atom. The molecule has 0 radical (unpaired) electrons. The molecule has 21 heavy (non-hydrogen) atoms. The Labute approximate surface area is 124 Å². The average Bonchev–Trinajstić information content (AvgIpc) is 3.04. The average molecular weight is 300 g/mol. The molecule has 0 aliphatic heterocycles. The molecule has 3 rings (SSSR count). The van der Waals surface area contributed by atoms with Gasteiger partial charge in [0.2, 0.25) is 0 Å². The van der Waals surface area contributed by atoms with E-state index >= 15 is 0 Å². The van der Waals surface area contributed by atoms with Gasteiger partial charge < -0.3 is 9.84 Å². The number of carboxylic acids is 1. The van der Waals surface area contributed by atoms with Crippen LogP contribution >= 0.6 is 11.3 Å². The summed E-state index contributed by atoms with van der Waals surface area (Å²) in [5, 5.41) is 10.7. The number of rotatable bonds is 5. The molecule has 0 fully saturated rings. The summed E-state index contributed by atoms with van der Waals surface area (Å²) in [5.74, 6) is -0.356. The van der Waals surface area contributed by atoms with Gasteiger partial charge in [-0.3, -0.25) is 4.40 Å². The molecule has 3 aromatic rings. The summed E-state index contributed by atoms with van der Waals surface area (Å²) in [6.45, 7) is 0.340. The van der Waals surface area contributed by atoms with Crippen LogP contribution in [0.4, 0.5) is 0 Å². The monoisotopic (exact) mass is 300 g/mol. The predicted molar refractivity (Wildman–Crippen MR) is 80.5 cm³/mol. The summed E-state index contributed by atoms with van der Waals surface area (Å²) in [7, 11) is 0. The summed E-state index contributed by atoms with van der Waals surface area (Å²) in [6, 6.07) is 7.29. The zero-order valence-corrected chi connectivity index (χ0v) is 11.8. The summed E-state index contributed by atoms with van der Waals surface area (Å²) in [5.41, 5.74) is 1.56. The molecule has 0 saturated carbocycles. The van der Waals surface area contributed by atoms with Gasteiger partial charge in [-0.2, -0.15) is 0 Å². The Kier molecular flexibility index (Phi) is 3.70. The highest BCUT2D eigenvalue weighted by Crippen LogP contribution is 2.21. The number of thiazole rings is 1. The van der Waals surface area contributed by atoms with Crippen molar-refractivity contribution in [2.75, 3.05) is 0 Å². The number of nitrogens with zero attached hydrogens (tertiary/aromatic N) is 2. The number of carbonyl (C=O) groups is 1. The maximum Gasteiger partial charge on any atom is 0.328 e. The molecule has 1 N–H and O–H groups in total. The third-order valence-electron chi connectivity index (χ3n) is 2.84. The fourth-order valence-electron chi connectivity index (χ4n) is 1.91. The number of ether oxygens (including phenoxy) is 1. The quantitative estimate of drug-likeness (QED) is 0.735. The van der Waals surface area contributed by atoms with Gasteiger partial charge in [0.15, 0.2) is 4.96 Å². The van der Waals surface area contributed by atoms with Crippen molar-refractivity contribution in [3.63, 3.8) is 0 Å². The maximum atomic E-state index is 10.6. The largest absolute Gasteiger partial charge is 0.487 e. The van der Waals surface area contributed by atoms with Crippen LogP contribution in [0.3, 0.4) is 0 Å². The molecule has 2 aromatic heterocycles. The fraction of sp³-hybridized carbons (Fsp3) is 0.0667. The van der Waals surface area contributed by atoms with E-state index in [1.165, 1.54) is 6.08 Å². The van der Waals surface area contributed by atoms with E-state index in [0.717, 1.165) is 22.3 Å². The molecule has 0 amide bonds. The first-order chi connectivity index (χ1) is 10.2. The Morgan fingerprint density at radius 3 is 3.10 bits per heavy atom. The van der Waals surface area contributed by atoms with Crippen molar-refractivity contribution in [3.05, 3.63) is 59.4 Å². The van der Waals surface area contributed by atoms with Crippen LogP contribution in [0.2, 0.25) is 0 Å². The lowest BCUT2D eigenvalue weighted by Crippen LogP contribution is -1.97. The molecule has 6 heteroatoms. The molecule has 106 valence electrons. The van der Waals surface area contributed by atoms with E-state index in [4.69, 9.17) is 9.84 Å². The van der Waals surface area contributed by atoms with Crippen LogP contribution in [0.1, 0.15) is 11.3 Å². The van der Waals surface area contributed by atoms with Gasteiger partial charge in [0.05, 0.1) is 5.69 Å². The van der Waals surface area contributed by atoms with Crippen molar-refractivity contribution in [1.82, 2.24) is 9.38 Å². The highest BCUT2D eigenvalue weighted by Gasteiger charge is 2.05. The third-order valence-corrected chi connectivity index (χ3v) is 3.61. The third kappa shape index (κ3) is 3.11. The number of aromatic nitrogens is 2. The lowest BCUT2D eigenvalue weighted by Gasteiger charge is -2.07. The second-order valence-electron chi connectivity index (χ2n) is 4.32. The molecule has 0 spiro atoms. The van der Waals surface area contributed by atoms with Gasteiger partial charge in [-0.05, 0) is 12.1 Å². The highest BCUT2D eigenvalue weighted by molar-refractivity contribution is 7.15. The molecule has 0 saturated heterocycles. The topological polar surface area (TPSA) is 63.8 Å². The number of fused-ring (bicyclic) bond motifs is 1. The van der Waals surface area contributed by atoms with Gasteiger partial charge in [-0.1, -0.05) is 18.2 Å². The minimum atomic E-state index is -0.987. The van der Waals surface area contributed by atoms with Crippen molar-refractivity contribution in [2.24, 2.45) is 0 Å². The lowest BCUT2D eigenvalue weighted by molar-refractivity contribution is -0.131. The molecule has 5 nitrogen and oxygen atoms in total. The standard InChI is InChI=1S/C15H12N2O3S/c18-14(19)6-5-11-3-1-2-4-13(11)20-10-12-9-17-7-8-21-15(17)16-12/h1-9H,10H2,(H,18,19)/b6-5+. The summed E-state index contributed by atoms with van der Waals surface area (Å²) in [4.78, 5) is 16.0. The van der Waals surface area contributed by atoms with E-state index in [-0.39, 0.29) is 0 Å². The zero-order valence-electron chi connectivity index (χ0n) is 11.0. The van der Waals surface area contributed by atoms with Crippen molar-refractivity contribution in [2.45, 2.75) is 6.61 Å². The molecule has 0 aliphatic rings. The summed E-state index contributed by atoms with van der Waals surface area (Å²) < 4.78 is 7.68. The smallest absolute Gasteiger partial charge is 0.328 e. The first-order valence-corrected chi connectivity index (χ1v) is 7.14. The normalized spacial score (nSPS) is 11.2. The van der Waals surface area contributed by atoms with Crippen molar-refractivity contribution >= 4 is 28.3 Å². The van der Waals surface area contributed by atoms with E-state index < -0.39 is 5.97 Å². The molecular weight excluding hydrogens is 288 g/mol. The van der Waals surface area contributed by atoms with E-state index in [9.17, 15) is 4.79 Å². The van der Waals surface area contributed by atoms with Gasteiger partial charge >= 0.3 is 5.97 Å². The Balaban J connectivity index is 1.75. The van der Waals surface area contributed by atoms with Gasteiger partial charge in [-0.15, -0.1) is 11.3 Å². The van der Waals surface area contributed by atoms with E-state index in [1.54, 1.807) is 23.5 Å². The molecule has 0 bridgehead atoms. The lowest BCUT2D eigenvalue weighted by atomic mass is 10.2. The minimum Gasteiger partial charge on any atom is -0.487 e. The predicted octanol–water partition coefficient (Wildman–Crippen LogP) is 3.07. The van der Waals surface area contributed by atoms with Gasteiger partial charge in [0.25, 0.3) is 0 Å². The molecule has 0 atom stereocenters. The van der Waals surface area contributed by atoms with Crippen LogP contribution in [0, 0.1) is 0 Å². The van der Waals surface area contributed by atoms with Crippen LogP contribution in [-0.2, 0) is 11.4 Å². The molecule has 0 unspecified atom stereocenters. The first kappa shape index (κ1) is 13.4.